The average molecular weight is 278 g/mol. The largest absolute Gasteiger partial charge is 0.497 e. The first-order chi connectivity index (χ1) is 9.26. The molecular formula is C14H18N2O2S. The number of ether oxygens (including phenoxy) is 2. The molecule has 102 valence electrons. The van der Waals surface area contributed by atoms with Gasteiger partial charge in [-0.05, 0) is 30.8 Å². The van der Waals surface area contributed by atoms with Crippen LogP contribution in [0.1, 0.15) is 6.42 Å². The van der Waals surface area contributed by atoms with Crippen LogP contribution < -0.4 is 4.74 Å². The van der Waals surface area contributed by atoms with Crippen molar-refractivity contribution in [2.24, 2.45) is 0 Å². The standard InChI is InChI=1S/C14H18N2O2S/c1-3-4-8-18-9-7-16-13-10-11(17-2)5-6-12(13)15-14(16)19/h3,5-6,10H,1,4,7-9H2,2H3,(H,15,19). The maximum atomic E-state index is 5.52. The van der Waals surface area contributed by atoms with Crippen molar-refractivity contribution >= 4 is 23.3 Å². The molecule has 0 fully saturated rings. The predicted molar refractivity (Wildman–Crippen MR) is 79.3 cm³/mol. The van der Waals surface area contributed by atoms with Crippen LogP contribution >= 0.6 is 12.2 Å². The van der Waals surface area contributed by atoms with Crippen molar-refractivity contribution < 1.29 is 9.47 Å². The highest BCUT2D eigenvalue weighted by Crippen LogP contribution is 2.20. The first-order valence-electron chi connectivity index (χ1n) is 6.21. The molecule has 2 rings (SSSR count). The number of hydrogen-bond acceptors (Lipinski definition) is 3. The highest BCUT2D eigenvalue weighted by molar-refractivity contribution is 7.71. The number of nitrogens with one attached hydrogen (secondary N) is 1. The van der Waals surface area contributed by atoms with E-state index in [1.165, 1.54) is 0 Å². The number of imidazole rings is 1. The lowest BCUT2D eigenvalue weighted by molar-refractivity contribution is 0.131. The van der Waals surface area contributed by atoms with E-state index >= 15 is 0 Å². The molecule has 2 aromatic rings. The summed E-state index contributed by atoms with van der Waals surface area (Å²) in [6.45, 7) is 5.72. The SMILES string of the molecule is C=CCCOCCn1c(=S)[nH]c2ccc(OC)cc21. The Bertz CT molecular complexity index is 615. The van der Waals surface area contributed by atoms with Gasteiger partial charge in [0.25, 0.3) is 0 Å². The maximum Gasteiger partial charge on any atom is 0.178 e. The van der Waals surface area contributed by atoms with Crippen LogP contribution in [0.2, 0.25) is 0 Å². The molecule has 1 heterocycles. The number of rotatable bonds is 7. The molecule has 0 saturated carbocycles. The lowest BCUT2D eigenvalue weighted by Crippen LogP contribution is -2.06. The fourth-order valence-corrected chi connectivity index (χ4v) is 2.21. The Morgan fingerprint density at radius 2 is 2.26 bits per heavy atom. The topological polar surface area (TPSA) is 39.2 Å². The highest BCUT2D eigenvalue weighted by Gasteiger charge is 2.05. The Morgan fingerprint density at radius 1 is 1.42 bits per heavy atom. The normalized spacial score (nSPS) is 10.8. The number of H-pyrrole nitrogens is 1. The van der Waals surface area contributed by atoms with Crippen molar-refractivity contribution in [2.45, 2.75) is 13.0 Å². The van der Waals surface area contributed by atoms with Gasteiger partial charge in [-0.2, -0.15) is 0 Å². The second kappa shape index (κ2) is 6.54. The van der Waals surface area contributed by atoms with Crippen molar-refractivity contribution in [1.29, 1.82) is 0 Å². The third-order valence-corrected chi connectivity index (χ3v) is 3.23. The molecule has 0 aliphatic heterocycles. The molecule has 1 aromatic heterocycles. The predicted octanol–water partition coefficient (Wildman–Crippen LogP) is 3.30. The Hall–Kier alpha value is -1.59. The summed E-state index contributed by atoms with van der Waals surface area (Å²) in [5.74, 6) is 0.822. The lowest BCUT2D eigenvalue weighted by Gasteiger charge is -2.06. The van der Waals surface area contributed by atoms with Crippen molar-refractivity contribution in [3.8, 4) is 5.75 Å². The minimum Gasteiger partial charge on any atom is -0.497 e. The van der Waals surface area contributed by atoms with Crippen molar-refractivity contribution in [3.63, 3.8) is 0 Å². The van der Waals surface area contributed by atoms with Gasteiger partial charge in [-0.1, -0.05) is 6.08 Å². The number of fused-ring (bicyclic) bond motifs is 1. The molecule has 0 spiro atoms. The van der Waals surface area contributed by atoms with E-state index in [4.69, 9.17) is 21.7 Å². The van der Waals surface area contributed by atoms with E-state index in [0.717, 1.165) is 29.7 Å². The molecule has 0 atom stereocenters. The van der Waals surface area contributed by atoms with E-state index in [9.17, 15) is 0 Å². The number of aromatic nitrogens is 2. The molecule has 1 aromatic carbocycles. The molecular weight excluding hydrogens is 260 g/mol. The Balaban J connectivity index is 2.14. The first kappa shape index (κ1) is 13.8. The van der Waals surface area contributed by atoms with Crippen LogP contribution in [0.3, 0.4) is 0 Å². The molecule has 19 heavy (non-hydrogen) atoms. The molecule has 0 bridgehead atoms. The summed E-state index contributed by atoms with van der Waals surface area (Å²) in [4.78, 5) is 3.18. The van der Waals surface area contributed by atoms with E-state index in [0.29, 0.717) is 18.0 Å². The van der Waals surface area contributed by atoms with E-state index in [1.807, 2.05) is 28.8 Å². The van der Waals surface area contributed by atoms with Crippen LogP contribution in [0.4, 0.5) is 0 Å². The molecule has 0 radical (unpaired) electrons. The Labute approximate surface area is 117 Å². The van der Waals surface area contributed by atoms with Gasteiger partial charge >= 0.3 is 0 Å². The van der Waals surface area contributed by atoms with Gasteiger partial charge < -0.3 is 19.0 Å². The molecule has 0 aliphatic rings. The molecule has 1 N–H and O–H groups in total. The fourth-order valence-electron chi connectivity index (χ4n) is 1.91. The maximum absolute atomic E-state index is 5.52. The molecule has 5 heteroatoms. The minimum absolute atomic E-state index is 0.631. The molecule has 0 saturated heterocycles. The van der Waals surface area contributed by atoms with Crippen LogP contribution in [0.5, 0.6) is 5.75 Å². The fraction of sp³-hybridized carbons (Fsp3) is 0.357. The summed E-state index contributed by atoms with van der Waals surface area (Å²) in [5, 5.41) is 0. The monoisotopic (exact) mass is 278 g/mol. The van der Waals surface area contributed by atoms with Crippen LogP contribution in [0, 0.1) is 4.77 Å². The number of hydrogen-bond donors (Lipinski definition) is 1. The van der Waals surface area contributed by atoms with Crippen LogP contribution in [0.15, 0.2) is 30.9 Å². The summed E-state index contributed by atoms with van der Waals surface area (Å²) in [5.41, 5.74) is 2.05. The average Bonchev–Trinajstić information content (AvgIpc) is 2.74. The van der Waals surface area contributed by atoms with Crippen molar-refractivity contribution in [2.75, 3.05) is 20.3 Å². The van der Waals surface area contributed by atoms with Crippen LogP contribution in [0.25, 0.3) is 11.0 Å². The van der Waals surface area contributed by atoms with Gasteiger partial charge in [0.05, 0.1) is 31.4 Å². The van der Waals surface area contributed by atoms with E-state index in [1.54, 1.807) is 7.11 Å². The quantitative estimate of drug-likeness (QED) is 0.480. The van der Waals surface area contributed by atoms with Gasteiger partial charge in [0.1, 0.15) is 5.75 Å². The number of methoxy groups -OCH3 is 1. The summed E-state index contributed by atoms with van der Waals surface area (Å²) < 4.78 is 13.5. The summed E-state index contributed by atoms with van der Waals surface area (Å²) in [6.07, 6.45) is 2.72. The Morgan fingerprint density at radius 3 is 3.00 bits per heavy atom. The zero-order valence-corrected chi connectivity index (χ0v) is 11.8. The number of benzene rings is 1. The first-order valence-corrected chi connectivity index (χ1v) is 6.62. The van der Waals surface area contributed by atoms with Gasteiger partial charge in [-0.15, -0.1) is 6.58 Å². The van der Waals surface area contributed by atoms with Crippen LogP contribution in [-0.4, -0.2) is 29.9 Å². The van der Waals surface area contributed by atoms with Gasteiger partial charge in [-0.3, -0.25) is 0 Å². The molecule has 0 unspecified atom stereocenters. The van der Waals surface area contributed by atoms with Gasteiger partial charge in [-0.25, -0.2) is 0 Å². The molecule has 0 aliphatic carbocycles. The third-order valence-electron chi connectivity index (χ3n) is 2.91. The molecule has 0 amide bonds. The summed E-state index contributed by atoms with van der Waals surface area (Å²) in [6, 6.07) is 5.86. The second-order valence-corrected chi connectivity index (χ2v) is 4.54. The number of aromatic amines is 1. The number of nitrogens with zero attached hydrogens (tertiary/aromatic N) is 1. The van der Waals surface area contributed by atoms with E-state index < -0.39 is 0 Å². The van der Waals surface area contributed by atoms with Gasteiger partial charge in [0.15, 0.2) is 4.77 Å². The lowest BCUT2D eigenvalue weighted by atomic mass is 10.3. The zero-order chi connectivity index (χ0) is 13.7. The Kier molecular flexibility index (Phi) is 4.76. The zero-order valence-electron chi connectivity index (χ0n) is 11.0. The minimum atomic E-state index is 0.631. The van der Waals surface area contributed by atoms with E-state index in [2.05, 4.69) is 11.6 Å². The van der Waals surface area contributed by atoms with Gasteiger partial charge in [0.2, 0.25) is 0 Å². The molecule has 4 nitrogen and oxygen atoms in total. The van der Waals surface area contributed by atoms with Crippen molar-refractivity contribution in [3.05, 3.63) is 35.6 Å². The highest BCUT2D eigenvalue weighted by atomic mass is 32.1. The smallest absolute Gasteiger partial charge is 0.178 e. The van der Waals surface area contributed by atoms with E-state index in [-0.39, 0.29) is 0 Å². The van der Waals surface area contributed by atoms with Crippen molar-refractivity contribution in [1.82, 2.24) is 9.55 Å². The van der Waals surface area contributed by atoms with Crippen LogP contribution in [-0.2, 0) is 11.3 Å². The summed E-state index contributed by atoms with van der Waals surface area (Å²) in [7, 11) is 1.66. The van der Waals surface area contributed by atoms with Gasteiger partial charge in [0, 0.05) is 12.6 Å². The third kappa shape index (κ3) is 3.24. The second-order valence-electron chi connectivity index (χ2n) is 4.15. The summed E-state index contributed by atoms with van der Waals surface area (Å²) >= 11 is 5.33.